The van der Waals surface area contributed by atoms with E-state index in [4.69, 9.17) is 0 Å². The minimum atomic E-state index is -0.615. The molecule has 24 heavy (non-hydrogen) atoms. The Kier molecular flexibility index (Phi) is 6.46. The first kappa shape index (κ1) is 19.4. The Morgan fingerprint density at radius 3 is 2.17 bits per heavy atom. The van der Waals surface area contributed by atoms with E-state index in [1.807, 2.05) is 0 Å². The number of allylic oxidation sites excluding steroid dienone is 2. The SMILES string of the molecule is CP(C)C1=Cc2ccccc2[CH]1[Zr+2][CH]1C=Cc2ccccc21.[F-].[F-]. The summed E-state index contributed by atoms with van der Waals surface area (Å²) in [6.07, 6.45) is 7.31. The smallest absolute Gasteiger partial charge is 1.00 e. The van der Waals surface area contributed by atoms with Crippen LogP contribution in [0.1, 0.15) is 29.5 Å². The van der Waals surface area contributed by atoms with E-state index in [9.17, 15) is 0 Å². The van der Waals surface area contributed by atoms with Crippen molar-refractivity contribution in [2.45, 2.75) is 7.25 Å². The topological polar surface area (TPSA) is 0 Å². The number of fused-ring (bicyclic) bond motifs is 2. The van der Waals surface area contributed by atoms with Crippen LogP contribution in [0.25, 0.3) is 12.2 Å². The van der Waals surface area contributed by atoms with Crippen LogP contribution < -0.4 is 9.41 Å². The number of benzene rings is 2. The van der Waals surface area contributed by atoms with Crippen LogP contribution in [0.15, 0.2) is 59.9 Å². The third-order valence-electron chi connectivity index (χ3n) is 4.57. The summed E-state index contributed by atoms with van der Waals surface area (Å²) in [7, 11) is 0.00476. The molecule has 0 amide bonds. The number of rotatable bonds is 3. The monoisotopic (exact) mass is 418 g/mol. The van der Waals surface area contributed by atoms with E-state index < -0.39 is 23.2 Å². The molecule has 2 aromatic carbocycles. The standard InChI is InChI=1S/C11H12P.C9H7.2FH.Zr/c1-12(2)11-7-9-5-3-4-6-10(9)8-11;1-2-5-9-7-3-6-8(9)4-1;;;/h3-8H,1-2H3;1-7H;2*1H;/q;;;;+2/p-2. The van der Waals surface area contributed by atoms with E-state index in [0.29, 0.717) is 0 Å². The van der Waals surface area contributed by atoms with Crippen LogP contribution in [0.2, 0.25) is 0 Å². The molecule has 0 spiro atoms. The van der Waals surface area contributed by atoms with Gasteiger partial charge in [0.25, 0.3) is 0 Å². The second kappa shape index (κ2) is 7.98. The Labute approximate surface area is 155 Å². The maximum Gasteiger partial charge on any atom is -1.00 e. The zero-order valence-corrected chi connectivity index (χ0v) is 17.1. The third-order valence-corrected chi connectivity index (χ3v) is 11.1. The largest absolute Gasteiger partial charge is 1.00 e. The second-order valence-electron chi connectivity index (χ2n) is 6.16. The zero-order valence-electron chi connectivity index (χ0n) is 13.7. The molecule has 4 rings (SSSR count). The van der Waals surface area contributed by atoms with Crippen molar-refractivity contribution in [2.24, 2.45) is 0 Å². The Bertz CT molecular complexity index is 783. The molecule has 2 aromatic rings. The van der Waals surface area contributed by atoms with Crippen molar-refractivity contribution in [1.29, 1.82) is 0 Å². The molecule has 0 nitrogen and oxygen atoms in total. The Morgan fingerprint density at radius 1 is 0.833 bits per heavy atom. The van der Waals surface area contributed by atoms with Crippen molar-refractivity contribution < 1.29 is 32.6 Å². The molecule has 0 saturated carbocycles. The van der Waals surface area contributed by atoms with Gasteiger partial charge < -0.3 is 9.41 Å². The number of hydrogen-bond acceptors (Lipinski definition) is 0. The van der Waals surface area contributed by atoms with E-state index in [-0.39, 0.29) is 17.3 Å². The predicted octanol–water partition coefficient (Wildman–Crippen LogP) is -0.318. The summed E-state index contributed by atoms with van der Waals surface area (Å²) in [6, 6.07) is 18.0. The van der Waals surface area contributed by atoms with Crippen molar-refractivity contribution in [3.05, 3.63) is 82.2 Å². The van der Waals surface area contributed by atoms with Crippen LogP contribution in [0, 0.1) is 0 Å². The van der Waals surface area contributed by atoms with Crippen LogP contribution in [-0.4, -0.2) is 13.3 Å². The summed E-state index contributed by atoms with van der Waals surface area (Å²) in [6.45, 7) is 4.83. The van der Waals surface area contributed by atoms with Crippen molar-refractivity contribution >= 4 is 20.1 Å². The number of halogens is 2. The third kappa shape index (κ3) is 3.39. The quantitative estimate of drug-likeness (QED) is 0.599. The molecule has 0 saturated heterocycles. The number of hydrogen-bond donors (Lipinski definition) is 0. The fourth-order valence-corrected chi connectivity index (χ4v) is 11.0. The molecule has 0 aromatic heterocycles. The van der Waals surface area contributed by atoms with Gasteiger partial charge in [-0.15, -0.1) is 0 Å². The van der Waals surface area contributed by atoms with E-state index in [2.05, 4.69) is 80.1 Å². The van der Waals surface area contributed by atoms with Crippen molar-refractivity contribution in [3.8, 4) is 0 Å². The van der Waals surface area contributed by atoms with Crippen LogP contribution >= 0.6 is 7.92 Å². The van der Waals surface area contributed by atoms with Gasteiger partial charge in [-0.2, -0.15) is 0 Å². The minimum Gasteiger partial charge on any atom is -1.00 e. The van der Waals surface area contributed by atoms with Gasteiger partial charge in [-0.25, -0.2) is 0 Å². The van der Waals surface area contributed by atoms with Crippen molar-refractivity contribution in [2.75, 3.05) is 13.3 Å². The van der Waals surface area contributed by atoms with Crippen LogP contribution in [0.4, 0.5) is 0 Å². The fourth-order valence-electron chi connectivity index (χ4n) is 3.44. The molecule has 0 heterocycles. The first-order valence-electron chi connectivity index (χ1n) is 7.75. The van der Waals surface area contributed by atoms with Gasteiger partial charge >= 0.3 is 146 Å². The van der Waals surface area contributed by atoms with E-state index in [1.165, 1.54) is 11.1 Å². The fraction of sp³-hybridized carbons (Fsp3) is 0.200. The molecular weight excluding hydrogens is 400 g/mol. The Morgan fingerprint density at radius 2 is 1.46 bits per heavy atom. The van der Waals surface area contributed by atoms with Gasteiger partial charge in [0, 0.05) is 0 Å². The molecular formula is C20H19F2PZr. The summed E-state index contributed by atoms with van der Waals surface area (Å²) < 4.78 is 1.50. The summed E-state index contributed by atoms with van der Waals surface area (Å²) in [5.74, 6) is 0. The van der Waals surface area contributed by atoms with E-state index >= 15 is 0 Å². The predicted molar refractivity (Wildman–Crippen MR) is 94.1 cm³/mol. The normalized spacial score (nSPS) is 19.7. The summed E-state index contributed by atoms with van der Waals surface area (Å²) in [5, 5.41) is 1.74. The molecule has 0 bridgehead atoms. The summed E-state index contributed by atoms with van der Waals surface area (Å²) >= 11 is -0.615. The van der Waals surface area contributed by atoms with Gasteiger partial charge in [-0.3, -0.25) is 0 Å². The summed E-state index contributed by atoms with van der Waals surface area (Å²) in [4.78, 5) is 0. The average molecular weight is 420 g/mol. The van der Waals surface area contributed by atoms with Crippen LogP contribution in [0.5, 0.6) is 0 Å². The molecule has 2 unspecified atom stereocenters. The van der Waals surface area contributed by atoms with Crippen molar-refractivity contribution in [1.82, 2.24) is 0 Å². The van der Waals surface area contributed by atoms with Gasteiger partial charge in [0.15, 0.2) is 0 Å². The summed E-state index contributed by atoms with van der Waals surface area (Å²) in [5.41, 5.74) is 6.11. The Hall–Kier alpha value is -0.907. The molecule has 0 fully saturated rings. The van der Waals surface area contributed by atoms with Gasteiger partial charge in [-0.05, 0) is 0 Å². The zero-order chi connectivity index (χ0) is 15.1. The molecule has 2 aliphatic carbocycles. The van der Waals surface area contributed by atoms with Gasteiger partial charge in [0.2, 0.25) is 0 Å². The molecule has 4 heteroatoms. The maximum absolute atomic E-state index is 2.50. The maximum atomic E-state index is 2.50. The van der Waals surface area contributed by atoms with E-state index in [0.717, 1.165) is 7.25 Å². The van der Waals surface area contributed by atoms with E-state index in [1.54, 1.807) is 16.4 Å². The van der Waals surface area contributed by atoms with Crippen LogP contribution in [0.3, 0.4) is 0 Å². The molecule has 2 atom stereocenters. The Balaban J connectivity index is 0.00000104. The first-order valence-corrected chi connectivity index (χ1v) is 12.8. The van der Waals surface area contributed by atoms with Gasteiger partial charge in [-0.1, -0.05) is 0 Å². The molecule has 2 aliphatic rings. The molecule has 0 radical (unpaired) electrons. The molecule has 0 N–H and O–H groups in total. The molecule has 0 aliphatic heterocycles. The van der Waals surface area contributed by atoms with Gasteiger partial charge in [0.1, 0.15) is 0 Å². The van der Waals surface area contributed by atoms with Crippen LogP contribution in [-0.2, 0) is 23.2 Å². The van der Waals surface area contributed by atoms with Crippen molar-refractivity contribution in [3.63, 3.8) is 0 Å². The first-order chi connectivity index (χ1) is 10.7. The van der Waals surface area contributed by atoms with Gasteiger partial charge in [0.05, 0.1) is 0 Å². The second-order valence-corrected chi connectivity index (χ2v) is 12.2. The minimum absolute atomic E-state index is 0. The molecule has 122 valence electrons. The average Bonchev–Trinajstić information content (AvgIpc) is 3.10.